The molecular formula is C20H32O3. The zero-order chi connectivity index (χ0) is 17.8. The van der Waals surface area contributed by atoms with Crippen LogP contribution in [0.4, 0.5) is 0 Å². The summed E-state index contributed by atoms with van der Waals surface area (Å²) in [7, 11) is 0. The van der Waals surface area contributed by atoms with Gasteiger partial charge in [0.2, 0.25) is 0 Å². The first kappa shape index (κ1) is 21.6. The van der Waals surface area contributed by atoms with Crippen molar-refractivity contribution in [2.45, 2.75) is 65.9 Å². The number of aliphatic hydroxyl groups is 2. The van der Waals surface area contributed by atoms with Gasteiger partial charge in [-0.15, -0.1) is 0 Å². The van der Waals surface area contributed by atoms with E-state index in [0.717, 1.165) is 30.4 Å². The highest BCUT2D eigenvalue weighted by molar-refractivity contribution is 5.91. The van der Waals surface area contributed by atoms with Crippen molar-refractivity contribution in [2.24, 2.45) is 0 Å². The Labute approximate surface area is 141 Å². The van der Waals surface area contributed by atoms with Crippen molar-refractivity contribution < 1.29 is 15.0 Å². The Bertz CT molecular complexity index is 477. The summed E-state index contributed by atoms with van der Waals surface area (Å²) < 4.78 is 0. The lowest BCUT2D eigenvalue weighted by molar-refractivity contribution is -0.114. The van der Waals surface area contributed by atoms with Gasteiger partial charge in [-0.1, -0.05) is 35.5 Å². The largest absolute Gasteiger partial charge is 0.393 e. The number of hydrogen-bond donors (Lipinski definition) is 2. The monoisotopic (exact) mass is 320 g/mol. The molecule has 130 valence electrons. The van der Waals surface area contributed by atoms with Crippen LogP contribution < -0.4 is 0 Å². The van der Waals surface area contributed by atoms with E-state index in [1.54, 1.807) is 6.08 Å². The van der Waals surface area contributed by atoms with E-state index in [0.29, 0.717) is 18.4 Å². The lowest BCUT2D eigenvalue weighted by Gasteiger charge is -2.09. The van der Waals surface area contributed by atoms with E-state index in [1.165, 1.54) is 5.57 Å². The fourth-order valence-corrected chi connectivity index (χ4v) is 2.17. The van der Waals surface area contributed by atoms with E-state index in [4.69, 9.17) is 5.11 Å². The summed E-state index contributed by atoms with van der Waals surface area (Å²) in [5, 5.41) is 18.2. The fraction of sp³-hybridized carbons (Fsp3) is 0.550. The molecule has 3 heteroatoms. The third-order valence-electron chi connectivity index (χ3n) is 3.54. The molecule has 0 bridgehead atoms. The molecule has 0 spiro atoms. The highest BCUT2D eigenvalue weighted by Gasteiger charge is 2.05. The Hall–Kier alpha value is -1.45. The normalized spacial score (nSPS) is 13.7. The first-order valence-electron chi connectivity index (χ1n) is 8.21. The average Bonchev–Trinajstić information content (AvgIpc) is 2.45. The third-order valence-corrected chi connectivity index (χ3v) is 3.54. The molecule has 0 saturated heterocycles. The molecular weight excluding hydrogens is 288 g/mol. The molecule has 0 rings (SSSR count). The van der Waals surface area contributed by atoms with Crippen LogP contribution in [-0.4, -0.2) is 28.7 Å². The van der Waals surface area contributed by atoms with Crippen LogP contribution in [0.1, 0.15) is 59.8 Å². The summed E-state index contributed by atoms with van der Waals surface area (Å²) in [6.45, 7) is 11.4. The Morgan fingerprint density at radius 1 is 1.04 bits per heavy atom. The minimum absolute atomic E-state index is 0.159. The number of hydrogen-bond acceptors (Lipinski definition) is 3. The van der Waals surface area contributed by atoms with Gasteiger partial charge in [0.1, 0.15) is 0 Å². The molecule has 0 radical (unpaired) electrons. The van der Waals surface area contributed by atoms with E-state index in [9.17, 15) is 9.90 Å². The number of carbonyl (C=O) groups excluding carboxylic acids is 1. The van der Waals surface area contributed by atoms with Gasteiger partial charge in [0.15, 0.2) is 5.78 Å². The highest BCUT2D eigenvalue weighted by atomic mass is 16.3. The molecule has 0 aliphatic heterocycles. The fourth-order valence-electron chi connectivity index (χ4n) is 2.17. The zero-order valence-corrected chi connectivity index (χ0v) is 15.1. The molecule has 23 heavy (non-hydrogen) atoms. The van der Waals surface area contributed by atoms with Crippen molar-refractivity contribution in [3.63, 3.8) is 0 Å². The minimum Gasteiger partial charge on any atom is -0.393 e. The summed E-state index contributed by atoms with van der Waals surface area (Å²) in [6.07, 6.45) is 9.04. The number of allylic oxidation sites excluding steroid dienone is 6. The number of rotatable bonds is 11. The summed E-state index contributed by atoms with van der Waals surface area (Å²) >= 11 is 0. The quantitative estimate of drug-likeness (QED) is 0.441. The zero-order valence-electron chi connectivity index (χ0n) is 15.1. The molecule has 0 fully saturated rings. The molecule has 0 aromatic rings. The molecule has 3 nitrogen and oxygen atoms in total. The van der Waals surface area contributed by atoms with E-state index in [1.807, 2.05) is 20.8 Å². The first-order chi connectivity index (χ1) is 10.8. The molecule has 1 atom stereocenters. The summed E-state index contributed by atoms with van der Waals surface area (Å²) in [5.41, 5.74) is 4.11. The van der Waals surface area contributed by atoms with Crippen LogP contribution in [0.3, 0.4) is 0 Å². The van der Waals surface area contributed by atoms with Crippen LogP contribution >= 0.6 is 0 Å². The molecule has 0 amide bonds. The third kappa shape index (κ3) is 11.7. The molecule has 0 aliphatic rings. The van der Waals surface area contributed by atoms with Gasteiger partial charge in [-0.25, -0.2) is 0 Å². The molecule has 0 aromatic carbocycles. The molecule has 1 unspecified atom stereocenters. The number of carbonyl (C=O) groups is 1. The summed E-state index contributed by atoms with van der Waals surface area (Å²) in [5.74, 6) is 0.159. The van der Waals surface area contributed by atoms with E-state index in [-0.39, 0.29) is 12.4 Å². The molecule has 2 N–H and O–H groups in total. The van der Waals surface area contributed by atoms with Crippen LogP contribution in [0.5, 0.6) is 0 Å². The van der Waals surface area contributed by atoms with Crippen molar-refractivity contribution in [2.75, 3.05) is 6.61 Å². The van der Waals surface area contributed by atoms with Gasteiger partial charge in [-0.2, -0.15) is 0 Å². The lowest BCUT2D eigenvalue weighted by Crippen LogP contribution is -2.14. The SMILES string of the molecule is C=C(CC/C=C(\C)CC/C=C(\C)CC(=O)C=C(C)C)C(O)CO. The van der Waals surface area contributed by atoms with Gasteiger partial charge >= 0.3 is 0 Å². The second kappa shape index (κ2) is 12.0. The van der Waals surface area contributed by atoms with Gasteiger partial charge in [0, 0.05) is 6.42 Å². The smallest absolute Gasteiger partial charge is 0.159 e. The Balaban J connectivity index is 4.13. The molecule has 0 aromatic heterocycles. The van der Waals surface area contributed by atoms with E-state index >= 15 is 0 Å². The Morgan fingerprint density at radius 3 is 2.17 bits per heavy atom. The van der Waals surface area contributed by atoms with Gasteiger partial charge in [0.25, 0.3) is 0 Å². The first-order valence-corrected chi connectivity index (χ1v) is 8.21. The maximum atomic E-state index is 11.7. The standard InChI is InChI=1S/C20H32O3/c1-15(2)12-19(22)13-17(4)10-6-8-16(3)9-7-11-18(5)20(23)14-21/h9-10,12,20-21,23H,5-8,11,13-14H2,1-4H3/b16-9+,17-10+. The van der Waals surface area contributed by atoms with Crippen LogP contribution in [0.15, 0.2) is 47.1 Å². The van der Waals surface area contributed by atoms with E-state index < -0.39 is 6.10 Å². The number of ketones is 1. The lowest BCUT2D eigenvalue weighted by atomic mass is 10.0. The second-order valence-electron chi connectivity index (χ2n) is 6.40. The van der Waals surface area contributed by atoms with Crippen molar-refractivity contribution in [3.8, 4) is 0 Å². The average molecular weight is 320 g/mol. The van der Waals surface area contributed by atoms with Crippen LogP contribution in [0.2, 0.25) is 0 Å². The van der Waals surface area contributed by atoms with Gasteiger partial charge in [0.05, 0.1) is 12.7 Å². The minimum atomic E-state index is -0.812. The Kier molecular flexibility index (Phi) is 11.3. The summed E-state index contributed by atoms with van der Waals surface area (Å²) in [6, 6.07) is 0. The second-order valence-corrected chi connectivity index (χ2v) is 6.40. The topological polar surface area (TPSA) is 57.5 Å². The van der Waals surface area contributed by atoms with Crippen molar-refractivity contribution >= 4 is 5.78 Å². The van der Waals surface area contributed by atoms with Crippen molar-refractivity contribution in [3.05, 3.63) is 47.1 Å². The van der Waals surface area contributed by atoms with Crippen LogP contribution in [-0.2, 0) is 4.79 Å². The Morgan fingerprint density at radius 2 is 1.61 bits per heavy atom. The van der Waals surface area contributed by atoms with Gasteiger partial charge in [-0.05, 0) is 65.0 Å². The molecule has 0 aliphatic carbocycles. The van der Waals surface area contributed by atoms with Gasteiger partial charge < -0.3 is 10.2 Å². The van der Waals surface area contributed by atoms with E-state index in [2.05, 4.69) is 25.7 Å². The molecule has 0 heterocycles. The van der Waals surface area contributed by atoms with Gasteiger partial charge in [-0.3, -0.25) is 4.79 Å². The van der Waals surface area contributed by atoms with Crippen molar-refractivity contribution in [1.82, 2.24) is 0 Å². The maximum Gasteiger partial charge on any atom is 0.159 e. The number of aliphatic hydroxyl groups excluding tert-OH is 2. The predicted octanol–water partition coefficient (Wildman–Crippen LogP) is 4.27. The van der Waals surface area contributed by atoms with Crippen LogP contribution in [0.25, 0.3) is 0 Å². The summed E-state index contributed by atoms with van der Waals surface area (Å²) in [4.78, 5) is 11.7. The highest BCUT2D eigenvalue weighted by Crippen LogP contribution is 2.13. The van der Waals surface area contributed by atoms with Crippen molar-refractivity contribution in [1.29, 1.82) is 0 Å². The molecule has 0 saturated carbocycles. The van der Waals surface area contributed by atoms with Crippen LogP contribution in [0, 0.1) is 0 Å². The maximum absolute atomic E-state index is 11.7. The predicted molar refractivity (Wildman–Crippen MR) is 97.3 cm³/mol.